The highest BCUT2D eigenvalue weighted by Crippen LogP contribution is 2.59. The van der Waals surface area contributed by atoms with E-state index in [0.29, 0.717) is 6.42 Å². The van der Waals surface area contributed by atoms with Gasteiger partial charge in [0, 0.05) is 5.92 Å². The van der Waals surface area contributed by atoms with E-state index >= 15 is 0 Å². The van der Waals surface area contributed by atoms with Gasteiger partial charge >= 0.3 is 5.97 Å². The van der Waals surface area contributed by atoms with Crippen molar-refractivity contribution in [3.05, 3.63) is 11.1 Å². The quantitative estimate of drug-likeness (QED) is 0.606. The molecule has 4 nitrogen and oxygen atoms in total. The number of aliphatic hydroxyl groups is 1. The number of carbonyl (C=O) groups is 2. The van der Waals surface area contributed by atoms with Gasteiger partial charge in [0.1, 0.15) is 5.78 Å². The highest BCUT2D eigenvalue weighted by Gasteiger charge is 2.61. The summed E-state index contributed by atoms with van der Waals surface area (Å²) >= 11 is 0. The smallest absolute Gasteiger partial charge is 0.312 e. The number of methoxy groups -OCH3 is 1. The molecule has 1 N–H and O–H groups in total. The maximum Gasteiger partial charge on any atom is 0.312 e. The molecule has 1 saturated carbocycles. The largest absolute Gasteiger partial charge is 0.469 e. The van der Waals surface area contributed by atoms with Gasteiger partial charge < -0.3 is 9.84 Å². The number of ketones is 1. The minimum atomic E-state index is -0.731. The van der Waals surface area contributed by atoms with Crippen LogP contribution in [0.2, 0.25) is 0 Å². The zero-order valence-electron chi connectivity index (χ0n) is 11.4. The third-order valence-electron chi connectivity index (χ3n) is 5.37. The molecule has 4 aliphatic carbocycles. The molecule has 0 aromatic carbocycles. The molecule has 104 valence electrons. The molecule has 1 unspecified atom stereocenters. The van der Waals surface area contributed by atoms with Crippen molar-refractivity contribution in [2.75, 3.05) is 13.7 Å². The second-order valence-electron chi connectivity index (χ2n) is 6.25. The normalized spacial score (nSPS) is 40.6. The van der Waals surface area contributed by atoms with Crippen LogP contribution in [-0.2, 0) is 14.3 Å². The van der Waals surface area contributed by atoms with Gasteiger partial charge in [-0.3, -0.25) is 9.59 Å². The van der Waals surface area contributed by atoms with Crippen molar-refractivity contribution in [1.29, 1.82) is 0 Å². The number of hydrogen-bond acceptors (Lipinski definition) is 4. The Hall–Kier alpha value is -1.16. The molecule has 0 aliphatic heterocycles. The first-order valence-corrected chi connectivity index (χ1v) is 6.99. The summed E-state index contributed by atoms with van der Waals surface area (Å²) in [4.78, 5) is 24.7. The number of allylic oxidation sites excluding steroid dienone is 2. The van der Waals surface area contributed by atoms with Gasteiger partial charge in [0.05, 0.1) is 25.0 Å². The number of aliphatic hydroxyl groups excluding tert-OH is 1. The van der Waals surface area contributed by atoms with Gasteiger partial charge in [-0.15, -0.1) is 0 Å². The van der Waals surface area contributed by atoms with Crippen LogP contribution in [-0.4, -0.2) is 30.6 Å². The minimum absolute atomic E-state index is 0.0455. The van der Waals surface area contributed by atoms with E-state index in [1.54, 1.807) is 0 Å². The standard InChI is InChI=1S/C15H20O4/c1-15(14(18)19-2)6-10-8-4-3-5-9(8)12(15)13(17)11(10)7-16/h10-12,16H,3-7H2,1-2H3/t10-,11?,12+,15-/m0/s1. The Labute approximate surface area is 112 Å². The summed E-state index contributed by atoms with van der Waals surface area (Å²) in [5, 5.41) is 9.51. The fraction of sp³-hybridized carbons (Fsp3) is 0.733. The average molecular weight is 264 g/mol. The Balaban J connectivity index is 2.10. The number of Topliss-reactive ketones (excluding diaryl/α,β-unsaturated/α-hetero) is 1. The molecule has 0 saturated heterocycles. The molecular weight excluding hydrogens is 244 g/mol. The summed E-state index contributed by atoms with van der Waals surface area (Å²) in [5.41, 5.74) is 1.80. The first kappa shape index (κ1) is 12.9. The molecule has 4 aliphatic rings. The zero-order valence-corrected chi connectivity index (χ0v) is 11.4. The van der Waals surface area contributed by atoms with Crippen LogP contribution in [0.15, 0.2) is 11.1 Å². The summed E-state index contributed by atoms with van der Waals surface area (Å²) in [7, 11) is 1.38. The molecule has 0 radical (unpaired) electrons. The predicted molar refractivity (Wildman–Crippen MR) is 68.2 cm³/mol. The van der Waals surface area contributed by atoms with Crippen molar-refractivity contribution in [2.24, 2.45) is 23.2 Å². The summed E-state index contributed by atoms with van der Waals surface area (Å²) < 4.78 is 4.93. The van der Waals surface area contributed by atoms with Crippen molar-refractivity contribution >= 4 is 11.8 Å². The van der Waals surface area contributed by atoms with Crippen LogP contribution in [0, 0.1) is 23.2 Å². The maximum absolute atomic E-state index is 12.6. The number of ether oxygens (including phenoxy) is 1. The molecule has 0 aromatic rings. The van der Waals surface area contributed by atoms with Crippen molar-refractivity contribution in [3.63, 3.8) is 0 Å². The topological polar surface area (TPSA) is 63.6 Å². The van der Waals surface area contributed by atoms with E-state index in [9.17, 15) is 14.7 Å². The Bertz CT molecular complexity index is 479. The fourth-order valence-electron chi connectivity index (χ4n) is 4.56. The van der Waals surface area contributed by atoms with E-state index in [1.165, 1.54) is 18.3 Å². The molecular formula is C15H20O4. The lowest BCUT2D eigenvalue weighted by atomic mass is 9.51. The van der Waals surface area contributed by atoms with Gasteiger partial charge in [-0.2, -0.15) is 0 Å². The minimum Gasteiger partial charge on any atom is -0.469 e. The highest BCUT2D eigenvalue weighted by atomic mass is 16.5. The highest BCUT2D eigenvalue weighted by molar-refractivity contribution is 5.96. The molecule has 4 atom stereocenters. The van der Waals surface area contributed by atoms with Crippen LogP contribution >= 0.6 is 0 Å². The summed E-state index contributed by atoms with van der Waals surface area (Å²) in [6.45, 7) is 1.75. The van der Waals surface area contributed by atoms with Gasteiger partial charge in [-0.1, -0.05) is 11.1 Å². The summed E-state index contributed by atoms with van der Waals surface area (Å²) in [6, 6.07) is 0. The van der Waals surface area contributed by atoms with Gasteiger partial charge in [0.2, 0.25) is 0 Å². The Morgan fingerprint density at radius 1 is 1.42 bits per heavy atom. The van der Waals surface area contributed by atoms with Crippen LogP contribution in [0.25, 0.3) is 0 Å². The average Bonchev–Trinajstić information content (AvgIpc) is 2.87. The molecule has 0 heterocycles. The van der Waals surface area contributed by atoms with E-state index in [-0.39, 0.29) is 36.1 Å². The zero-order chi connectivity index (χ0) is 13.8. The molecule has 0 amide bonds. The van der Waals surface area contributed by atoms with Crippen LogP contribution < -0.4 is 0 Å². The number of hydrogen-bond donors (Lipinski definition) is 1. The molecule has 0 spiro atoms. The Morgan fingerprint density at radius 2 is 2.11 bits per heavy atom. The number of carbonyl (C=O) groups excluding carboxylic acids is 2. The van der Waals surface area contributed by atoms with Crippen LogP contribution in [0.1, 0.15) is 32.6 Å². The van der Waals surface area contributed by atoms with Gasteiger partial charge in [-0.25, -0.2) is 0 Å². The summed E-state index contributed by atoms with van der Waals surface area (Å²) in [6.07, 6.45) is 3.66. The van der Waals surface area contributed by atoms with Crippen LogP contribution in [0.5, 0.6) is 0 Å². The lowest BCUT2D eigenvalue weighted by Crippen LogP contribution is -2.56. The first-order valence-electron chi connectivity index (χ1n) is 6.99. The number of fused-ring (bicyclic) bond motifs is 2. The lowest BCUT2D eigenvalue weighted by Gasteiger charge is -2.51. The number of rotatable bonds is 2. The second kappa shape index (κ2) is 4.17. The van der Waals surface area contributed by atoms with Crippen molar-refractivity contribution in [1.82, 2.24) is 0 Å². The molecule has 1 fully saturated rings. The van der Waals surface area contributed by atoms with E-state index in [0.717, 1.165) is 19.3 Å². The van der Waals surface area contributed by atoms with Gasteiger partial charge in [0.15, 0.2) is 0 Å². The van der Waals surface area contributed by atoms with E-state index in [1.807, 2.05) is 6.92 Å². The monoisotopic (exact) mass is 264 g/mol. The summed E-state index contributed by atoms with van der Waals surface area (Å²) in [5.74, 6) is -0.860. The van der Waals surface area contributed by atoms with Gasteiger partial charge in [-0.05, 0) is 38.5 Å². The van der Waals surface area contributed by atoms with Crippen LogP contribution in [0.3, 0.4) is 0 Å². The third kappa shape index (κ3) is 1.49. The second-order valence-corrected chi connectivity index (χ2v) is 6.25. The first-order chi connectivity index (χ1) is 9.04. The van der Waals surface area contributed by atoms with E-state index in [2.05, 4.69) is 0 Å². The molecule has 4 rings (SSSR count). The molecule has 0 aromatic heterocycles. The van der Waals surface area contributed by atoms with E-state index < -0.39 is 5.41 Å². The lowest BCUT2D eigenvalue weighted by molar-refractivity contribution is -0.165. The van der Waals surface area contributed by atoms with E-state index in [4.69, 9.17) is 4.74 Å². The van der Waals surface area contributed by atoms with Crippen LogP contribution in [0.4, 0.5) is 0 Å². The van der Waals surface area contributed by atoms with Gasteiger partial charge in [0.25, 0.3) is 0 Å². The Morgan fingerprint density at radius 3 is 2.74 bits per heavy atom. The molecule has 2 bridgehead atoms. The number of esters is 1. The third-order valence-corrected chi connectivity index (χ3v) is 5.37. The van der Waals surface area contributed by atoms with Crippen molar-refractivity contribution < 1.29 is 19.4 Å². The maximum atomic E-state index is 12.6. The van der Waals surface area contributed by atoms with Crippen molar-refractivity contribution in [3.8, 4) is 0 Å². The molecule has 19 heavy (non-hydrogen) atoms. The molecule has 4 heteroatoms. The van der Waals surface area contributed by atoms with Crippen molar-refractivity contribution in [2.45, 2.75) is 32.6 Å². The fourth-order valence-corrected chi connectivity index (χ4v) is 4.56. The SMILES string of the molecule is COC(=O)[C@@]1(C)C[C@H]2C3=C(CCC3)[C@@H]1C(=O)C2CO. The predicted octanol–water partition coefficient (Wildman–Crippen LogP) is 1.47. The Kier molecular flexibility index (Phi) is 2.82.